The third kappa shape index (κ3) is 3.76. The Morgan fingerprint density at radius 2 is 1.87 bits per heavy atom. The van der Waals surface area contributed by atoms with E-state index >= 15 is 0 Å². The quantitative estimate of drug-likeness (QED) is 0.698. The molecule has 2 fully saturated rings. The fourth-order valence-corrected chi connectivity index (χ4v) is 2.14. The summed E-state index contributed by atoms with van der Waals surface area (Å²) in [5.74, 6) is 1.66. The van der Waals surface area contributed by atoms with Crippen LogP contribution < -0.4 is 5.73 Å². The largest absolute Gasteiger partial charge is 0.327 e. The first-order valence-electron chi connectivity index (χ1n) is 6.66. The van der Waals surface area contributed by atoms with Crippen LogP contribution in [0.15, 0.2) is 0 Å². The number of nitrogens with two attached hydrogens (primary N) is 1. The van der Waals surface area contributed by atoms with E-state index in [1.54, 1.807) is 0 Å². The van der Waals surface area contributed by atoms with Crippen LogP contribution in [0.3, 0.4) is 0 Å². The minimum Gasteiger partial charge on any atom is -0.327 e. The average Bonchev–Trinajstić information content (AvgIpc) is 3.00. The molecule has 2 rings (SSSR count). The van der Waals surface area contributed by atoms with Gasteiger partial charge in [0, 0.05) is 18.6 Å². The molecule has 1 atom stereocenters. The van der Waals surface area contributed by atoms with Crippen molar-refractivity contribution in [1.82, 2.24) is 4.90 Å². The average molecular weight is 210 g/mol. The minimum atomic E-state index is 0.394. The lowest BCUT2D eigenvalue weighted by molar-refractivity contribution is 0.235. The van der Waals surface area contributed by atoms with Gasteiger partial charge < -0.3 is 10.6 Å². The Labute approximate surface area is 94.2 Å². The highest BCUT2D eigenvalue weighted by Crippen LogP contribution is 2.34. The van der Waals surface area contributed by atoms with Gasteiger partial charge >= 0.3 is 0 Å². The molecule has 0 amide bonds. The molecular weight excluding hydrogens is 184 g/mol. The molecule has 2 saturated carbocycles. The third-order valence-corrected chi connectivity index (χ3v) is 3.86. The number of hydrogen-bond acceptors (Lipinski definition) is 2. The Hall–Kier alpha value is -0.0800. The van der Waals surface area contributed by atoms with Crippen molar-refractivity contribution in [3.05, 3.63) is 0 Å². The molecule has 0 radical (unpaired) electrons. The van der Waals surface area contributed by atoms with Crippen molar-refractivity contribution in [2.24, 2.45) is 17.6 Å². The van der Waals surface area contributed by atoms with Gasteiger partial charge in [0.2, 0.25) is 0 Å². The molecule has 0 aliphatic heterocycles. The second kappa shape index (κ2) is 4.84. The molecule has 0 aromatic heterocycles. The summed E-state index contributed by atoms with van der Waals surface area (Å²) in [6.07, 6.45) is 6.99. The monoisotopic (exact) mass is 210 g/mol. The van der Waals surface area contributed by atoms with Crippen LogP contribution in [0.25, 0.3) is 0 Å². The summed E-state index contributed by atoms with van der Waals surface area (Å²) in [6.45, 7) is 7.05. The number of rotatable bonds is 7. The van der Waals surface area contributed by atoms with Crippen molar-refractivity contribution in [1.29, 1.82) is 0 Å². The maximum atomic E-state index is 6.11. The molecule has 0 aromatic carbocycles. The molecule has 2 aliphatic carbocycles. The summed E-state index contributed by atoms with van der Waals surface area (Å²) in [6, 6.07) is 1.32. The molecule has 0 heterocycles. The smallest absolute Gasteiger partial charge is 0.00965 e. The van der Waals surface area contributed by atoms with Crippen molar-refractivity contribution in [2.45, 2.75) is 58.0 Å². The summed E-state index contributed by atoms with van der Waals surface area (Å²) in [5.41, 5.74) is 6.11. The first kappa shape index (κ1) is 11.4. The number of nitrogens with zero attached hydrogens (tertiary/aromatic N) is 1. The summed E-state index contributed by atoms with van der Waals surface area (Å²) in [5, 5.41) is 0. The second-order valence-corrected chi connectivity index (χ2v) is 5.87. The lowest BCUT2D eigenvalue weighted by Crippen LogP contribution is -2.35. The van der Waals surface area contributed by atoms with Gasteiger partial charge in [-0.2, -0.15) is 0 Å². The normalized spacial score (nSPS) is 23.8. The van der Waals surface area contributed by atoms with Gasteiger partial charge in [0.05, 0.1) is 0 Å². The van der Waals surface area contributed by atoms with E-state index in [0.717, 1.165) is 12.0 Å². The van der Waals surface area contributed by atoms with Crippen molar-refractivity contribution in [2.75, 3.05) is 13.1 Å². The van der Waals surface area contributed by atoms with Crippen LogP contribution in [0.2, 0.25) is 0 Å². The lowest BCUT2D eigenvalue weighted by Gasteiger charge is -2.24. The third-order valence-electron chi connectivity index (χ3n) is 3.86. The Bertz CT molecular complexity index is 195. The molecule has 2 nitrogen and oxygen atoms in total. The number of hydrogen-bond donors (Lipinski definition) is 1. The molecular formula is C13H26N2. The lowest BCUT2D eigenvalue weighted by atomic mass is 10.0. The standard InChI is InChI=1S/C13H26N2/c1-10(2)13(14)7-8-15(12-5-6-12)9-11-3-4-11/h10-13H,3-9,14H2,1-2H3. The molecule has 1 unspecified atom stereocenters. The zero-order chi connectivity index (χ0) is 10.8. The molecule has 2 N–H and O–H groups in total. The molecule has 0 bridgehead atoms. The van der Waals surface area contributed by atoms with E-state index in [1.165, 1.54) is 45.2 Å². The summed E-state index contributed by atoms with van der Waals surface area (Å²) < 4.78 is 0. The van der Waals surface area contributed by atoms with Crippen LogP contribution >= 0.6 is 0 Å². The van der Waals surface area contributed by atoms with Crippen LogP contribution in [-0.2, 0) is 0 Å². The maximum Gasteiger partial charge on any atom is 0.00965 e. The highest BCUT2D eigenvalue weighted by atomic mass is 15.2. The highest BCUT2D eigenvalue weighted by Gasteiger charge is 2.33. The Kier molecular flexibility index (Phi) is 3.68. The Balaban J connectivity index is 1.68. The van der Waals surface area contributed by atoms with Crippen molar-refractivity contribution < 1.29 is 0 Å². The SMILES string of the molecule is CC(C)C(N)CCN(CC1CC1)C1CC1. The van der Waals surface area contributed by atoms with Gasteiger partial charge in [-0.15, -0.1) is 0 Å². The molecule has 0 saturated heterocycles. The van der Waals surface area contributed by atoms with Gasteiger partial charge in [-0.05, 0) is 50.5 Å². The predicted octanol–water partition coefficient (Wildman–Crippen LogP) is 2.23. The van der Waals surface area contributed by atoms with Gasteiger partial charge in [-0.1, -0.05) is 13.8 Å². The molecule has 0 aromatic rings. The maximum absolute atomic E-state index is 6.11. The molecule has 0 spiro atoms. The molecule has 88 valence electrons. The molecule has 15 heavy (non-hydrogen) atoms. The predicted molar refractivity (Wildman–Crippen MR) is 64.7 cm³/mol. The first-order chi connectivity index (χ1) is 7.16. The fourth-order valence-electron chi connectivity index (χ4n) is 2.14. The Morgan fingerprint density at radius 3 is 2.33 bits per heavy atom. The second-order valence-electron chi connectivity index (χ2n) is 5.87. The van der Waals surface area contributed by atoms with Crippen LogP contribution in [-0.4, -0.2) is 30.1 Å². The van der Waals surface area contributed by atoms with Crippen molar-refractivity contribution in [3.63, 3.8) is 0 Å². The summed E-state index contributed by atoms with van der Waals surface area (Å²) in [4.78, 5) is 2.71. The van der Waals surface area contributed by atoms with E-state index in [4.69, 9.17) is 5.73 Å². The van der Waals surface area contributed by atoms with Crippen molar-refractivity contribution in [3.8, 4) is 0 Å². The van der Waals surface area contributed by atoms with Gasteiger partial charge in [-0.3, -0.25) is 0 Å². The van der Waals surface area contributed by atoms with E-state index in [2.05, 4.69) is 18.7 Å². The van der Waals surface area contributed by atoms with Crippen LogP contribution in [0.5, 0.6) is 0 Å². The van der Waals surface area contributed by atoms with Crippen LogP contribution in [0.4, 0.5) is 0 Å². The fraction of sp³-hybridized carbons (Fsp3) is 1.00. The van der Waals surface area contributed by atoms with E-state index in [1.807, 2.05) is 0 Å². The highest BCUT2D eigenvalue weighted by molar-refractivity contribution is 4.88. The topological polar surface area (TPSA) is 29.3 Å². The van der Waals surface area contributed by atoms with Crippen LogP contribution in [0, 0.1) is 11.8 Å². The summed E-state index contributed by atoms with van der Waals surface area (Å²) >= 11 is 0. The van der Waals surface area contributed by atoms with E-state index in [0.29, 0.717) is 12.0 Å². The zero-order valence-electron chi connectivity index (χ0n) is 10.3. The van der Waals surface area contributed by atoms with Crippen LogP contribution in [0.1, 0.15) is 46.0 Å². The van der Waals surface area contributed by atoms with Gasteiger partial charge in [0.25, 0.3) is 0 Å². The van der Waals surface area contributed by atoms with Gasteiger partial charge in [0.1, 0.15) is 0 Å². The minimum absolute atomic E-state index is 0.394. The Morgan fingerprint density at radius 1 is 1.20 bits per heavy atom. The van der Waals surface area contributed by atoms with E-state index in [9.17, 15) is 0 Å². The van der Waals surface area contributed by atoms with Crippen molar-refractivity contribution >= 4 is 0 Å². The molecule has 2 aliphatic rings. The summed E-state index contributed by atoms with van der Waals surface area (Å²) in [7, 11) is 0. The van der Waals surface area contributed by atoms with E-state index < -0.39 is 0 Å². The van der Waals surface area contributed by atoms with Gasteiger partial charge in [-0.25, -0.2) is 0 Å². The van der Waals surface area contributed by atoms with Gasteiger partial charge in [0.15, 0.2) is 0 Å². The zero-order valence-corrected chi connectivity index (χ0v) is 10.3. The van der Waals surface area contributed by atoms with E-state index in [-0.39, 0.29) is 0 Å². The first-order valence-corrected chi connectivity index (χ1v) is 6.66. The molecule has 2 heteroatoms.